The lowest BCUT2D eigenvalue weighted by atomic mass is 9.92. The van der Waals surface area contributed by atoms with Crippen molar-refractivity contribution in [2.75, 3.05) is 6.61 Å². The van der Waals surface area contributed by atoms with Crippen molar-refractivity contribution in [1.29, 1.82) is 0 Å². The number of aryl methyl sites for hydroxylation is 1. The van der Waals surface area contributed by atoms with E-state index in [2.05, 4.69) is 12.4 Å². The van der Waals surface area contributed by atoms with E-state index in [1.54, 1.807) is 0 Å². The number of aliphatic hydroxyl groups excluding tert-OH is 1. The topological polar surface area (TPSA) is 51.2 Å². The van der Waals surface area contributed by atoms with Gasteiger partial charge >= 0.3 is 0 Å². The van der Waals surface area contributed by atoms with Gasteiger partial charge in [0.15, 0.2) is 0 Å². The van der Waals surface area contributed by atoms with E-state index in [4.69, 9.17) is 10.8 Å². The lowest BCUT2D eigenvalue weighted by Gasteiger charge is -2.17. The molecule has 3 nitrogen and oxygen atoms in total. The lowest BCUT2D eigenvalue weighted by Crippen LogP contribution is -2.15. The SMILES string of the molecule is NC1CCCc2cn(CCO)cc21. The van der Waals surface area contributed by atoms with Gasteiger partial charge in [-0.15, -0.1) is 0 Å². The van der Waals surface area contributed by atoms with Crippen LogP contribution in [0, 0.1) is 0 Å². The van der Waals surface area contributed by atoms with Crippen LogP contribution >= 0.6 is 0 Å². The van der Waals surface area contributed by atoms with E-state index >= 15 is 0 Å². The molecule has 1 aliphatic rings. The molecule has 3 N–H and O–H groups in total. The van der Waals surface area contributed by atoms with E-state index < -0.39 is 0 Å². The van der Waals surface area contributed by atoms with Gasteiger partial charge in [-0.2, -0.15) is 0 Å². The van der Waals surface area contributed by atoms with E-state index in [1.807, 2.05) is 4.57 Å². The monoisotopic (exact) mass is 180 g/mol. The standard InChI is InChI=1S/C10H16N2O/c11-10-3-1-2-8-6-12(4-5-13)7-9(8)10/h6-7,10,13H,1-5,11H2. The van der Waals surface area contributed by atoms with E-state index in [0.717, 1.165) is 12.8 Å². The molecule has 0 saturated heterocycles. The van der Waals surface area contributed by atoms with Gasteiger partial charge in [-0.05, 0) is 30.4 Å². The third-order valence-corrected chi connectivity index (χ3v) is 2.72. The molecule has 1 atom stereocenters. The van der Waals surface area contributed by atoms with Crippen molar-refractivity contribution >= 4 is 0 Å². The molecule has 0 amide bonds. The first-order valence-corrected chi connectivity index (χ1v) is 4.86. The summed E-state index contributed by atoms with van der Waals surface area (Å²) in [5.41, 5.74) is 8.63. The van der Waals surface area contributed by atoms with Crippen LogP contribution in [-0.4, -0.2) is 16.3 Å². The molecule has 0 spiro atoms. The van der Waals surface area contributed by atoms with Crippen molar-refractivity contribution in [3.63, 3.8) is 0 Å². The summed E-state index contributed by atoms with van der Waals surface area (Å²) in [6.07, 6.45) is 7.62. The third kappa shape index (κ3) is 1.62. The number of fused-ring (bicyclic) bond motifs is 1. The summed E-state index contributed by atoms with van der Waals surface area (Å²) < 4.78 is 2.04. The largest absolute Gasteiger partial charge is 0.395 e. The van der Waals surface area contributed by atoms with Gasteiger partial charge in [-0.3, -0.25) is 0 Å². The molecule has 0 bridgehead atoms. The number of hydrogen-bond donors (Lipinski definition) is 2. The number of hydrogen-bond acceptors (Lipinski definition) is 2. The fraction of sp³-hybridized carbons (Fsp3) is 0.600. The van der Waals surface area contributed by atoms with Crippen LogP contribution in [0.2, 0.25) is 0 Å². The molecule has 1 heterocycles. The third-order valence-electron chi connectivity index (χ3n) is 2.72. The Hall–Kier alpha value is -0.800. The Bertz CT molecular complexity index is 293. The molecule has 0 aliphatic heterocycles. The maximum absolute atomic E-state index is 8.79. The summed E-state index contributed by atoms with van der Waals surface area (Å²) in [5.74, 6) is 0. The van der Waals surface area contributed by atoms with Crippen LogP contribution in [0.25, 0.3) is 0 Å². The highest BCUT2D eigenvalue weighted by Gasteiger charge is 2.18. The molecule has 0 radical (unpaired) electrons. The molecular weight excluding hydrogens is 164 g/mol. The Labute approximate surface area is 78.2 Å². The minimum absolute atomic E-state index is 0.197. The molecule has 1 aromatic heterocycles. The van der Waals surface area contributed by atoms with Crippen molar-refractivity contribution in [2.45, 2.75) is 31.8 Å². The average molecular weight is 180 g/mol. The first-order valence-electron chi connectivity index (χ1n) is 4.86. The zero-order chi connectivity index (χ0) is 9.26. The normalized spacial score (nSPS) is 21.5. The summed E-state index contributed by atoms with van der Waals surface area (Å²) in [4.78, 5) is 0. The Morgan fingerprint density at radius 2 is 2.38 bits per heavy atom. The molecule has 1 unspecified atom stereocenters. The van der Waals surface area contributed by atoms with Crippen LogP contribution in [-0.2, 0) is 13.0 Å². The molecular formula is C10H16N2O. The molecule has 13 heavy (non-hydrogen) atoms. The number of aromatic nitrogens is 1. The maximum Gasteiger partial charge on any atom is 0.0610 e. The number of nitrogens with zero attached hydrogens (tertiary/aromatic N) is 1. The molecule has 0 fully saturated rings. The van der Waals surface area contributed by atoms with E-state index in [-0.39, 0.29) is 12.6 Å². The van der Waals surface area contributed by atoms with E-state index in [1.165, 1.54) is 17.5 Å². The Morgan fingerprint density at radius 1 is 1.54 bits per heavy atom. The minimum Gasteiger partial charge on any atom is -0.395 e. The molecule has 2 rings (SSSR count). The van der Waals surface area contributed by atoms with Crippen molar-refractivity contribution in [1.82, 2.24) is 4.57 Å². The van der Waals surface area contributed by atoms with Crippen LogP contribution in [0.4, 0.5) is 0 Å². The van der Waals surface area contributed by atoms with Crippen LogP contribution in [0.15, 0.2) is 12.4 Å². The summed E-state index contributed by atoms with van der Waals surface area (Å²) in [7, 11) is 0. The summed E-state index contributed by atoms with van der Waals surface area (Å²) in [5, 5.41) is 8.79. The Kier molecular flexibility index (Phi) is 2.38. The average Bonchev–Trinajstić information content (AvgIpc) is 2.49. The van der Waals surface area contributed by atoms with Crippen LogP contribution in [0.1, 0.15) is 30.0 Å². The second-order valence-corrected chi connectivity index (χ2v) is 3.70. The number of rotatable bonds is 2. The van der Waals surface area contributed by atoms with Crippen LogP contribution in [0.5, 0.6) is 0 Å². The van der Waals surface area contributed by atoms with Gasteiger partial charge in [-0.1, -0.05) is 0 Å². The van der Waals surface area contributed by atoms with Gasteiger partial charge < -0.3 is 15.4 Å². The fourth-order valence-electron chi connectivity index (χ4n) is 2.03. The second kappa shape index (κ2) is 3.52. The Morgan fingerprint density at radius 3 is 3.08 bits per heavy atom. The van der Waals surface area contributed by atoms with Gasteiger partial charge in [0.25, 0.3) is 0 Å². The van der Waals surface area contributed by atoms with E-state index in [0.29, 0.717) is 6.54 Å². The first-order chi connectivity index (χ1) is 6.31. The number of aliphatic hydroxyl groups is 1. The predicted octanol–water partition coefficient (Wildman–Crippen LogP) is 0.817. The molecule has 1 aromatic rings. The number of nitrogens with two attached hydrogens (primary N) is 1. The zero-order valence-corrected chi connectivity index (χ0v) is 7.74. The predicted molar refractivity (Wildman–Crippen MR) is 51.4 cm³/mol. The lowest BCUT2D eigenvalue weighted by molar-refractivity contribution is 0.276. The first kappa shape index (κ1) is 8.78. The van der Waals surface area contributed by atoms with E-state index in [9.17, 15) is 0 Å². The minimum atomic E-state index is 0.197. The van der Waals surface area contributed by atoms with Gasteiger partial charge in [0.1, 0.15) is 0 Å². The van der Waals surface area contributed by atoms with Gasteiger partial charge in [0, 0.05) is 25.0 Å². The van der Waals surface area contributed by atoms with Crippen molar-refractivity contribution in [3.05, 3.63) is 23.5 Å². The Balaban J connectivity index is 2.25. The maximum atomic E-state index is 8.79. The van der Waals surface area contributed by atoms with Crippen LogP contribution < -0.4 is 5.73 Å². The molecule has 0 aromatic carbocycles. The molecule has 72 valence electrons. The van der Waals surface area contributed by atoms with Crippen molar-refractivity contribution in [3.8, 4) is 0 Å². The van der Waals surface area contributed by atoms with Gasteiger partial charge in [0.2, 0.25) is 0 Å². The second-order valence-electron chi connectivity index (χ2n) is 3.70. The van der Waals surface area contributed by atoms with Crippen molar-refractivity contribution in [2.24, 2.45) is 5.73 Å². The summed E-state index contributed by atoms with van der Waals surface area (Å²) in [6, 6.07) is 0.212. The molecule has 3 heteroatoms. The highest BCUT2D eigenvalue weighted by atomic mass is 16.3. The quantitative estimate of drug-likeness (QED) is 0.708. The zero-order valence-electron chi connectivity index (χ0n) is 7.74. The fourth-order valence-corrected chi connectivity index (χ4v) is 2.03. The van der Waals surface area contributed by atoms with Gasteiger partial charge in [0.05, 0.1) is 6.61 Å². The smallest absolute Gasteiger partial charge is 0.0610 e. The highest BCUT2D eigenvalue weighted by molar-refractivity contribution is 5.29. The summed E-state index contributed by atoms with van der Waals surface area (Å²) >= 11 is 0. The molecule has 1 aliphatic carbocycles. The molecule has 0 saturated carbocycles. The highest BCUT2D eigenvalue weighted by Crippen LogP contribution is 2.28. The van der Waals surface area contributed by atoms with Gasteiger partial charge in [-0.25, -0.2) is 0 Å². The summed E-state index contributed by atoms with van der Waals surface area (Å²) in [6.45, 7) is 0.877. The van der Waals surface area contributed by atoms with Crippen LogP contribution in [0.3, 0.4) is 0 Å². The van der Waals surface area contributed by atoms with Crippen molar-refractivity contribution < 1.29 is 5.11 Å².